The van der Waals surface area contributed by atoms with E-state index in [-0.39, 0.29) is 0 Å². The molecule has 3 aromatic rings. The van der Waals surface area contributed by atoms with Crippen LogP contribution in [0, 0.1) is 0 Å². The molecule has 0 fully saturated rings. The van der Waals surface area contributed by atoms with Crippen LogP contribution in [0.15, 0.2) is 55.1 Å². The average molecular weight is 364 g/mol. The second-order valence-electron chi connectivity index (χ2n) is 7.26. The maximum atomic E-state index is 11.6. The van der Waals surface area contributed by atoms with Crippen LogP contribution in [-0.2, 0) is 4.74 Å². The van der Waals surface area contributed by atoms with Gasteiger partial charge in [-0.2, -0.15) is 0 Å². The molecule has 1 aromatic carbocycles. The van der Waals surface area contributed by atoms with E-state index >= 15 is 0 Å². The molecular formula is C21H24N4O2. The van der Waals surface area contributed by atoms with Crippen LogP contribution in [0.4, 0.5) is 10.5 Å². The van der Waals surface area contributed by atoms with Gasteiger partial charge in [-0.15, -0.1) is 0 Å². The Morgan fingerprint density at radius 2 is 1.81 bits per heavy atom. The van der Waals surface area contributed by atoms with Crippen LogP contribution in [0.1, 0.15) is 20.8 Å². The maximum absolute atomic E-state index is 11.6. The molecule has 0 aliphatic heterocycles. The van der Waals surface area contributed by atoms with Gasteiger partial charge in [-0.1, -0.05) is 12.1 Å². The van der Waals surface area contributed by atoms with Crippen LogP contribution in [-0.4, -0.2) is 34.8 Å². The summed E-state index contributed by atoms with van der Waals surface area (Å²) < 4.78 is 5.21. The number of alkyl carbamates (subject to hydrolysis) is 1. The van der Waals surface area contributed by atoms with Gasteiger partial charge in [0.05, 0.1) is 5.69 Å². The lowest BCUT2D eigenvalue weighted by atomic mass is 10.0. The summed E-state index contributed by atoms with van der Waals surface area (Å²) in [7, 11) is 0. The molecule has 0 saturated carbocycles. The van der Waals surface area contributed by atoms with Crippen LogP contribution in [0.5, 0.6) is 0 Å². The first-order valence-corrected chi connectivity index (χ1v) is 8.91. The van der Waals surface area contributed by atoms with Crippen LogP contribution >= 0.6 is 0 Å². The number of hydrogen-bond donors (Lipinski definition) is 2. The number of aromatic nitrogens is 2. The van der Waals surface area contributed by atoms with Gasteiger partial charge in [0, 0.05) is 48.8 Å². The number of nitrogens with one attached hydrogen (secondary N) is 2. The Balaban J connectivity index is 1.59. The molecule has 0 saturated heterocycles. The van der Waals surface area contributed by atoms with E-state index in [9.17, 15) is 4.79 Å². The van der Waals surface area contributed by atoms with E-state index in [1.54, 1.807) is 12.4 Å². The first kappa shape index (κ1) is 18.6. The van der Waals surface area contributed by atoms with E-state index in [1.807, 2.05) is 45.3 Å². The molecule has 2 aromatic heterocycles. The number of carbonyl (C=O) groups is 1. The highest BCUT2D eigenvalue weighted by Gasteiger charge is 2.15. The highest BCUT2D eigenvalue weighted by atomic mass is 16.6. The van der Waals surface area contributed by atoms with E-state index in [2.05, 4.69) is 38.8 Å². The Morgan fingerprint density at radius 1 is 0.963 bits per heavy atom. The number of ether oxygens (including phenoxy) is 1. The number of benzene rings is 1. The van der Waals surface area contributed by atoms with E-state index in [0.717, 1.165) is 27.6 Å². The maximum Gasteiger partial charge on any atom is 0.407 e. The number of anilines is 1. The van der Waals surface area contributed by atoms with Crippen LogP contribution in [0.3, 0.4) is 0 Å². The number of pyridine rings is 2. The number of hydrogen-bond acceptors (Lipinski definition) is 5. The van der Waals surface area contributed by atoms with Crippen LogP contribution in [0.2, 0.25) is 0 Å². The van der Waals surface area contributed by atoms with Crippen molar-refractivity contribution >= 4 is 22.6 Å². The van der Waals surface area contributed by atoms with Gasteiger partial charge in [-0.25, -0.2) is 4.79 Å². The van der Waals surface area contributed by atoms with Gasteiger partial charge in [-0.3, -0.25) is 9.97 Å². The first-order valence-electron chi connectivity index (χ1n) is 8.91. The molecule has 0 unspecified atom stereocenters. The number of amides is 1. The largest absolute Gasteiger partial charge is 0.444 e. The minimum atomic E-state index is -0.494. The summed E-state index contributed by atoms with van der Waals surface area (Å²) in [5.41, 5.74) is 2.52. The fourth-order valence-electron chi connectivity index (χ4n) is 2.64. The Hall–Kier alpha value is -3.15. The number of carbonyl (C=O) groups excluding carboxylic acids is 1. The average Bonchev–Trinajstić information content (AvgIpc) is 2.64. The molecule has 1 amide bonds. The molecule has 27 heavy (non-hydrogen) atoms. The summed E-state index contributed by atoms with van der Waals surface area (Å²) in [5.74, 6) is 0. The molecule has 0 bridgehead atoms. The standard InChI is InChI=1S/C21H24N4O2/c1-21(2,3)27-20(26)25-9-8-24-19-11-18(13-23-14-19)15-4-5-17-12-22-7-6-16(17)10-15/h4-7,10-14,24H,8-9H2,1-3H3,(H,25,26). The topological polar surface area (TPSA) is 76.1 Å². The fraction of sp³-hybridized carbons (Fsp3) is 0.286. The Labute approximate surface area is 159 Å². The summed E-state index contributed by atoms with van der Waals surface area (Å²) in [6, 6.07) is 10.3. The van der Waals surface area contributed by atoms with Crippen LogP contribution < -0.4 is 10.6 Å². The smallest absolute Gasteiger partial charge is 0.407 e. The molecule has 6 nitrogen and oxygen atoms in total. The predicted molar refractivity (Wildman–Crippen MR) is 108 cm³/mol. The molecule has 0 aliphatic rings. The number of nitrogens with zero attached hydrogens (tertiary/aromatic N) is 2. The first-order chi connectivity index (χ1) is 12.9. The molecule has 2 N–H and O–H groups in total. The zero-order valence-corrected chi connectivity index (χ0v) is 15.8. The zero-order valence-electron chi connectivity index (χ0n) is 15.8. The minimum absolute atomic E-state index is 0.415. The monoisotopic (exact) mass is 364 g/mol. The molecule has 2 heterocycles. The molecular weight excluding hydrogens is 340 g/mol. The number of fused-ring (bicyclic) bond motifs is 1. The Morgan fingerprint density at radius 3 is 2.63 bits per heavy atom. The second kappa shape index (κ2) is 8.03. The second-order valence-corrected chi connectivity index (χ2v) is 7.26. The van der Waals surface area contributed by atoms with Crippen molar-refractivity contribution in [3.8, 4) is 11.1 Å². The molecule has 0 atom stereocenters. The fourth-order valence-corrected chi connectivity index (χ4v) is 2.64. The molecule has 0 radical (unpaired) electrons. The Bertz CT molecular complexity index is 935. The van der Waals surface area contributed by atoms with Gasteiger partial charge in [0.25, 0.3) is 0 Å². The van der Waals surface area contributed by atoms with Crippen molar-refractivity contribution in [2.75, 3.05) is 18.4 Å². The van der Waals surface area contributed by atoms with E-state index in [4.69, 9.17) is 4.74 Å². The summed E-state index contributed by atoms with van der Waals surface area (Å²) in [5, 5.41) is 8.24. The quantitative estimate of drug-likeness (QED) is 0.663. The third-order valence-electron chi connectivity index (χ3n) is 3.83. The van der Waals surface area contributed by atoms with E-state index in [0.29, 0.717) is 13.1 Å². The molecule has 6 heteroatoms. The van der Waals surface area contributed by atoms with Gasteiger partial charge < -0.3 is 15.4 Å². The highest BCUT2D eigenvalue weighted by Crippen LogP contribution is 2.25. The zero-order chi connectivity index (χ0) is 19.3. The summed E-state index contributed by atoms with van der Waals surface area (Å²) in [6.45, 7) is 6.55. The minimum Gasteiger partial charge on any atom is -0.444 e. The highest BCUT2D eigenvalue weighted by molar-refractivity contribution is 5.86. The van der Waals surface area contributed by atoms with E-state index in [1.165, 1.54) is 0 Å². The molecule has 0 spiro atoms. The normalized spacial score (nSPS) is 11.2. The van der Waals surface area contributed by atoms with Gasteiger partial charge in [-0.05, 0) is 49.9 Å². The van der Waals surface area contributed by atoms with Crippen molar-refractivity contribution in [3.63, 3.8) is 0 Å². The van der Waals surface area contributed by atoms with Crippen molar-refractivity contribution in [1.82, 2.24) is 15.3 Å². The van der Waals surface area contributed by atoms with Crippen molar-refractivity contribution in [3.05, 3.63) is 55.1 Å². The van der Waals surface area contributed by atoms with Gasteiger partial charge >= 0.3 is 6.09 Å². The lowest BCUT2D eigenvalue weighted by molar-refractivity contribution is 0.0530. The summed E-state index contributed by atoms with van der Waals surface area (Å²) >= 11 is 0. The SMILES string of the molecule is CC(C)(C)OC(=O)NCCNc1cncc(-c2ccc3cnccc3c2)c1. The van der Waals surface area contributed by atoms with Crippen molar-refractivity contribution in [1.29, 1.82) is 0 Å². The van der Waals surface area contributed by atoms with Gasteiger partial charge in [0.2, 0.25) is 0 Å². The van der Waals surface area contributed by atoms with Gasteiger partial charge in [0.1, 0.15) is 5.60 Å². The van der Waals surface area contributed by atoms with Crippen LogP contribution in [0.25, 0.3) is 21.9 Å². The Kier molecular flexibility index (Phi) is 5.54. The molecule has 140 valence electrons. The van der Waals surface area contributed by atoms with Crippen molar-refractivity contribution < 1.29 is 9.53 Å². The lowest BCUT2D eigenvalue weighted by Gasteiger charge is -2.19. The number of rotatable bonds is 5. The van der Waals surface area contributed by atoms with Gasteiger partial charge in [0.15, 0.2) is 0 Å². The van der Waals surface area contributed by atoms with E-state index < -0.39 is 11.7 Å². The summed E-state index contributed by atoms with van der Waals surface area (Å²) in [4.78, 5) is 20.1. The predicted octanol–water partition coefficient (Wildman–Crippen LogP) is 4.23. The van der Waals surface area contributed by atoms with Crippen molar-refractivity contribution in [2.45, 2.75) is 26.4 Å². The third-order valence-corrected chi connectivity index (χ3v) is 3.83. The summed E-state index contributed by atoms with van der Waals surface area (Å²) in [6.07, 6.45) is 6.84. The molecule has 0 aliphatic carbocycles. The third kappa shape index (κ3) is 5.41. The molecule has 3 rings (SSSR count). The lowest BCUT2D eigenvalue weighted by Crippen LogP contribution is -2.35. The van der Waals surface area contributed by atoms with Crippen molar-refractivity contribution in [2.24, 2.45) is 0 Å².